The summed E-state index contributed by atoms with van der Waals surface area (Å²) in [6, 6.07) is 10.7. The highest BCUT2D eigenvalue weighted by Crippen LogP contribution is 2.34. The molecule has 0 atom stereocenters. The highest BCUT2D eigenvalue weighted by atomic mass is 35.5. The lowest BCUT2D eigenvalue weighted by atomic mass is 10.1. The molecule has 0 bridgehead atoms. The van der Waals surface area contributed by atoms with E-state index in [0.717, 1.165) is 32.4 Å². The number of aromatic nitrogens is 2. The number of hydrazine groups is 1. The minimum Gasteiger partial charge on any atom is -0.382 e. The average Bonchev–Trinajstić information content (AvgIpc) is 3.20. The topological polar surface area (TPSA) is 93.5 Å². The van der Waals surface area contributed by atoms with Crippen molar-refractivity contribution in [3.63, 3.8) is 0 Å². The number of benzene rings is 2. The van der Waals surface area contributed by atoms with Gasteiger partial charge in [-0.25, -0.2) is 9.69 Å². The Morgan fingerprint density at radius 1 is 1.07 bits per heavy atom. The Morgan fingerprint density at radius 3 is 2.38 bits per heavy atom. The van der Waals surface area contributed by atoms with Gasteiger partial charge in [-0.1, -0.05) is 29.6 Å². The van der Waals surface area contributed by atoms with Gasteiger partial charge < -0.3 is 4.18 Å². The summed E-state index contributed by atoms with van der Waals surface area (Å²) in [6.45, 7) is 3.22. The van der Waals surface area contributed by atoms with Crippen LogP contribution in [-0.4, -0.2) is 54.1 Å². The predicted molar refractivity (Wildman–Crippen MR) is 146 cm³/mol. The molecule has 1 amide bonds. The van der Waals surface area contributed by atoms with Gasteiger partial charge >= 0.3 is 16.3 Å². The second-order valence-corrected chi connectivity index (χ2v) is 11.9. The van der Waals surface area contributed by atoms with Crippen LogP contribution < -0.4 is 9.61 Å². The van der Waals surface area contributed by atoms with Crippen molar-refractivity contribution in [2.24, 2.45) is 0 Å². The van der Waals surface area contributed by atoms with Gasteiger partial charge in [-0.15, -0.1) is 0 Å². The molecule has 0 saturated carbocycles. The number of carbonyl (C=O) groups is 1. The van der Waals surface area contributed by atoms with E-state index in [0.29, 0.717) is 32.6 Å². The van der Waals surface area contributed by atoms with E-state index >= 15 is 0 Å². The van der Waals surface area contributed by atoms with E-state index in [1.165, 1.54) is 16.8 Å². The SMILES string of the molecule is Cc1c(C(=O)NN2CCCCC2)nn(-c2ccc(Cl)cc2Cl)c1-c1ccc(OS(=O)(=O)CCCC(F)(F)F)cc1. The molecule has 8 nitrogen and oxygen atoms in total. The summed E-state index contributed by atoms with van der Waals surface area (Å²) in [5, 5.41) is 7.15. The van der Waals surface area contributed by atoms with Crippen LogP contribution in [0.15, 0.2) is 42.5 Å². The second-order valence-electron chi connectivity index (χ2n) is 9.41. The van der Waals surface area contributed by atoms with Crippen LogP contribution >= 0.6 is 23.2 Å². The molecule has 216 valence electrons. The zero-order valence-electron chi connectivity index (χ0n) is 21.5. The fraction of sp³-hybridized carbons (Fsp3) is 0.385. The molecule has 2 aromatic carbocycles. The fourth-order valence-electron chi connectivity index (χ4n) is 4.39. The minimum atomic E-state index is -4.45. The summed E-state index contributed by atoms with van der Waals surface area (Å²) >= 11 is 12.6. The van der Waals surface area contributed by atoms with Crippen molar-refractivity contribution in [2.75, 3.05) is 18.8 Å². The number of rotatable bonds is 9. The number of alkyl halides is 3. The molecule has 4 rings (SSSR count). The molecule has 1 fully saturated rings. The van der Waals surface area contributed by atoms with Gasteiger partial charge in [0.05, 0.1) is 22.2 Å². The summed E-state index contributed by atoms with van der Waals surface area (Å²) in [6.07, 6.45) is -3.22. The van der Waals surface area contributed by atoms with E-state index in [9.17, 15) is 26.4 Å². The number of hydrogen-bond acceptors (Lipinski definition) is 6. The van der Waals surface area contributed by atoms with Crippen molar-refractivity contribution in [3.8, 4) is 22.7 Å². The molecule has 1 aliphatic heterocycles. The lowest BCUT2D eigenvalue weighted by Gasteiger charge is -2.26. The first-order valence-electron chi connectivity index (χ1n) is 12.5. The Balaban J connectivity index is 1.64. The maximum Gasteiger partial charge on any atom is 0.389 e. The van der Waals surface area contributed by atoms with Crippen molar-refractivity contribution >= 4 is 39.2 Å². The predicted octanol–water partition coefficient (Wildman–Crippen LogP) is 6.34. The summed E-state index contributed by atoms with van der Waals surface area (Å²) in [5.41, 5.74) is 5.19. The molecule has 1 aromatic heterocycles. The molecule has 40 heavy (non-hydrogen) atoms. The molecule has 0 spiro atoms. The van der Waals surface area contributed by atoms with Gasteiger partial charge in [-0.2, -0.15) is 26.7 Å². The Labute approximate surface area is 240 Å². The maximum atomic E-state index is 13.2. The smallest absolute Gasteiger partial charge is 0.382 e. The fourth-order valence-corrected chi connectivity index (χ4v) is 5.86. The largest absolute Gasteiger partial charge is 0.389 e. The van der Waals surface area contributed by atoms with E-state index in [-0.39, 0.29) is 17.4 Å². The Bertz CT molecular complexity index is 1470. The van der Waals surface area contributed by atoms with Crippen molar-refractivity contribution in [3.05, 3.63) is 63.8 Å². The number of nitrogens with zero attached hydrogens (tertiary/aromatic N) is 3. The zero-order chi connectivity index (χ0) is 29.1. The molecular weight excluding hydrogens is 592 g/mol. The minimum absolute atomic E-state index is 0.0629. The summed E-state index contributed by atoms with van der Waals surface area (Å²) in [4.78, 5) is 13.2. The van der Waals surface area contributed by atoms with E-state index in [4.69, 9.17) is 27.4 Å². The van der Waals surface area contributed by atoms with Crippen molar-refractivity contribution < 1.29 is 30.6 Å². The van der Waals surface area contributed by atoms with E-state index < -0.39 is 34.9 Å². The molecule has 1 saturated heterocycles. The van der Waals surface area contributed by atoms with Crippen molar-refractivity contribution in [1.82, 2.24) is 20.2 Å². The molecule has 1 aliphatic rings. The van der Waals surface area contributed by atoms with E-state index in [1.807, 2.05) is 5.01 Å². The van der Waals surface area contributed by atoms with Crippen LogP contribution in [0.5, 0.6) is 5.75 Å². The number of halogens is 5. The first-order chi connectivity index (χ1) is 18.8. The number of hydrogen-bond donors (Lipinski definition) is 1. The van der Waals surface area contributed by atoms with Gasteiger partial charge in [0.2, 0.25) is 0 Å². The molecule has 14 heteroatoms. The Kier molecular flexibility index (Phi) is 9.33. The average molecular weight is 619 g/mol. The summed E-state index contributed by atoms with van der Waals surface area (Å²) in [7, 11) is -4.23. The molecule has 3 aromatic rings. The lowest BCUT2D eigenvalue weighted by molar-refractivity contribution is -0.134. The van der Waals surface area contributed by atoms with Crippen LogP contribution in [0.1, 0.15) is 48.2 Å². The maximum absolute atomic E-state index is 13.2. The second kappa shape index (κ2) is 12.4. The molecular formula is C26H27Cl2F3N4O4S. The van der Waals surface area contributed by atoms with Gasteiger partial charge in [0, 0.05) is 35.7 Å². The Morgan fingerprint density at radius 2 is 1.75 bits per heavy atom. The van der Waals surface area contributed by atoms with Gasteiger partial charge in [-0.05, 0) is 68.7 Å². The van der Waals surface area contributed by atoms with Crippen LogP contribution in [0.3, 0.4) is 0 Å². The van der Waals surface area contributed by atoms with Crippen LogP contribution in [-0.2, 0) is 10.1 Å². The third-order valence-corrected chi connectivity index (χ3v) is 8.07. The van der Waals surface area contributed by atoms with E-state index in [2.05, 4.69) is 10.5 Å². The van der Waals surface area contributed by atoms with Crippen LogP contribution in [0.2, 0.25) is 10.0 Å². The number of piperidine rings is 1. The van der Waals surface area contributed by atoms with Gasteiger partial charge in [0.25, 0.3) is 5.91 Å². The van der Waals surface area contributed by atoms with Gasteiger partial charge in [0.15, 0.2) is 5.69 Å². The quantitative estimate of drug-likeness (QED) is 0.281. The number of amides is 1. The zero-order valence-corrected chi connectivity index (χ0v) is 23.8. The summed E-state index contributed by atoms with van der Waals surface area (Å²) < 4.78 is 68.0. The number of nitrogens with one attached hydrogen (secondary N) is 1. The molecule has 1 N–H and O–H groups in total. The normalized spacial score (nSPS) is 14.8. The molecule has 0 unspecified atom stereocenters. The van der Waals surface area contributed by atoms with Crippen LogP contribution in [0, 0.1) is 6.92 Å². The lowest BCUT2D eigenvalue weighted by Crippen LogP contribution is -2.45. The first-order valence-corrected chi connectivity index (χ1v) is 14.9. The van der Waals surface area contributed by atoms with Crippen molar-refractivity contribution in [1.29, 1.82) is 0 Å². The third kappa shape index (κ3) is 7.68. The number of carbonyl (C=O) groups excluding carboxylic acids is 1. The summed E-state index contributed by atoms with van der Waals surface area (Å²) in [5.74, 6) is -1.22. The van der Waals surface area contributed by atoms with Crippen LogP contribution in [0.4, 0.5) is 13.2 Å². The van der Waals surface area contributed by atoms with Crippen LogP contribution in [0.25, 0.3) is 16.9 Å². The highest BCUT2D eigenvalue weighted by molar-refractivity contribution is 7.87. The van der Waals surface area contributed by atoms with E-state index in [1.54, 1.807) is 37.3 Å². The van der Waals surface area contributed by atoms with Crippen molar-refractivity contribution in [2.45, 2.75) is 45.2 Å². The first kappa shape index (κ1) is 30.2. The van der Waals surface area contributed by atoms with Gasteiger partial charge in [0.1, 0.15) is 5.75 Å². The molecule has 0 aliphatic carbocycles. The van der Waals surface area contributed by atoms with Gasteiger partial charge in [-0.3, -0.25) is 10.2 Å². The Hall–Kier alpha value is -2.80. The molecule has 0 radical (unpaired) electrons. The monoisotopic (exact) mass is 618 g/mol. The highest BCUT2D eigenvalue weighted by Gasteiger charge is 2.28. The molecule has 2 heterocycles. The standard InChI is InChI=1S/C26H27Cl2F3N4O4S/c1-17-23(25(36)33-34-13-3-2-4-14-34)32-35(22-11-8-19(27)16-21(22)28)24(17)18-6-9-20(10-7-18)39-40(37,38)15-5-12-26(29,30)31/h6-11,16H,2-5,12-15H2,1H3,(H,33,36). The third-order valence-electron chi connectivity index (χ3n) is 6.30.